The Hall–Kier alpha value is -2.41. The Bertz CT molecular complexity index is 869. The van der Waals surface area contributed by atoms with E-state index in [-0.39, 0.29) is 17.9 Å². The standard InChI is InChI=1S/C18H20BrN5O/c1-11(2)14-13(19)16(23-22-14)18(25)21-15(12-7-5-4-6-8-12)17-20-9-10-24(17)3/h4-11,15H,1-3H3,(H,21,25)(H,22,23). The van der Waals surface area contributed by atoms with Crippen molar-refractivity contribution in [2.75, 3.05) is 0 Å². The zero-order valence-electron chi connectivity index (χ0n) is 14.3. The first-order chi connectivity index (χ1) is 12.0. The number of hydrogen-bond donors (Lipinski definition) is 2. The van der Waals surface area contributed by atoms with E-state index in [1.807, 2.05) is 62.0 Å². The van der Waals surface area contributed by atoms with Crippen molar-refractivity contribution in [2.45, 2.75) is 25.8 Å². The first-order valence-corrected chi connectivity index (χ1v) is 8.85. The first kappa shape index (κ1) is 17.4. The highest BCUT2D eigenvalue weighted by atomic mass is 79.9. The maximum absolute atomic E-state index is 12.8. The molecule has 0 bridgehead atoms. The van der Waals surface area contributed by atoms with Crippen LogP contribution in [0.3, 0.4) is 0 Å². The van der Waals surface area contributed by atoms with Crippen molar-refractivity contribution in [3.8, 4) is 0 Å². The van der Waals surface area contributed by atoms with Gasteiger partial charge in [0.25, 0.3) is 5.91 Å². The molecule has 3 rings (SSSR count). The first-order valence-electron chi connectivity index (χ1n) is 8.05. The van der Waals surface area contributed by atoms with Crippen LogP contribution in [-0.2, 0) is 7.05 Å². The van der Waals surface area contributed by atoms with Crippen LogP contribution < -0.4 is 5.32 Å². The maximum Gasteiger partial charge on any atom is 0.273 e. The van der Waals surface area contributed by atoms with Crippen molar-refractivity contribution in [3.05, 3.63) is 70.0 Å². The van der Waals surface area contributed by atoms with Gasteiger partial charge in [-0.05, 0) is 27.4 Å². The van der Waals surface area contributed by atoms with Crippen LogP contribution in [0, 0.1) is 0 Å². The number of H-pyrrole nitrogens is 1. The van der Waals surface area contributed by atoms with E-state index in [4.69, 9.17) is 0 Å². The van der Waals surface area contributed by atoms with Crippen LogP contribution in [0.4, 0.5) is 0 Å². The van der Waals surface area contributed by atoms with Crippen LogP contribution in [0.2, 0.25) is 0 Å². The number of hydrogen-bond acceptors (Lipinski definition) is 3. The van der Waals surface area contributed by atoms with E-state index in [0.717, 1.165) is 17.1 Å². The van der Waals surface area contributed by atoms with Gasteiger partial charge in [-0.25, -0.2) is 4.98 Å². The lowest BCUT2D eigenvalue weighted by molar-refractivity contribution is 0.0935. The molecule has 130 valence electrons. The van der Waals surface area contributed by atoms with Gasteiger partial charge in [-0.2, -0.15) is 5.10 Å². The third-order valence-electron chi connectivity index (χ3n) is 4.05. The highest BCUT2D eigenvalue weighted by Crippen LogP contribution is 2.27. The van der Waals surface area contributed by atoms with Crippen LogP contribution in [-0.4, -0.2) is 25.7 Å². The number of imidazole rings is 1. The number of nitrogens with one attached hydrogen (secondary N) is 2. The van der Waals surface area contributed by atoms with E-state index in [1.165, 1.54) is 0 Å². The minimum atomic E-state index is -0.361. The summed E-state index contributed by atoms with van der Waals surface area (Å²) in [4.78, 5) is 17.2. The summed E-state index contributed by atoms with van der Waals surface area (Å²) in [5.74, 6) is 0.741. The van der Waals surface area contributed by atoms with E-state index in [1.54, 1.807) is 6.20 Å². The van der Waals surface area contributed by atoms with E-state index in [0.29, 0.717) is 10.2 Å². The van der Waals surface area contributed by atoms with Crippen LogP contribution in [0.1, 0.15) is 53.4 Å². The summed E-state index contributed by atoms with van der Waals surface area (Å²) in [5.41, 5.74) is 2.21. The molecule has 0 fully saturated rings. The van der Waals surface area contributed by atoms with Crippen LogP contribution in [0.25, 0.3) is 0 Å². The van der Waals surface area contributed by atoms with Crippen molar-refractivity contribution < 1.29 is 4.79 Å². The summed E-state index contributed by atoms with van der Waals surface area (Å²) in [7, 11) is 1.91. The molecule has 2 heterocycles. The number of rotatable bonds is 5. The molecule has 1 amide bonds. The van der Waals surface area contributed by atoms with Gasteiger partial charge < -0.3 is 9.88 Å². The molecular weight excluding hydrogens is 382 g/mol. The summed E-state index contributed by atoms with van der Waals surface area (Å²) in [6.45, 7) is 4.08. The Morgan fingerprint density at radius 3 is 2.56 bits per heavy atom. The fourth-order valence-electron chi connectivity index (χ4n) is 2.67. The molecule has 0 radical (unpaired) electrons. The summed E-state index contributed by atoms with van der Waals surface area (Å²) < 4.78 is 2.60. The minimum absolute atomic E-state index is 0.239. The molecular formula is C18H20BrN5O. The molecule has 3 aromatic rings. The van der Waals surface area contributed by atoms with Crippen molar-refractivity contribution in [2.24, 2.45) is 7.05 Å². The average molecular weight is 402 g/mol. The number of nitrogens with zero attached hydrogens (tertiary/aromatic N) is 3. The van der Waals surface area contributed by atoms with Crippen LogP contribution >= 0.6 is 15.9 Å². The fraction of sp³-hybridized carbons (Fsp3) is 0.278. The van der Waals surface area contributed by atoms with Gasteiger partial charge in [-0.3, -0.25) is 9.89 Å². The third-order valence-corrected chi connectivity index (χ3v) is 4.85. The molecule has 1 atom stereocenters. The number of benzene rings is 1. The van der Waals surface area contributed by atoms with Crippen LogP contribution in [0.5, 0.6) is 0 Å². The maximum atomic E-state index is 12.8. The predicted molar refractivity (Wildman–Crippen MR) is 99.3 cm³/mol. The van der Waals surface area contributed by atoms with Crippen molar-refractivity contribution in [1.29, 1.82) is 0 Å². The Balaban J connectivity index is 1.94. The quantitative estimate of drug-likeness (QED) is 0.686. The molecule has 0 saturated heterocycles. The highest BCUT2D eigenvalue weighted by molar-refractivity contribution is 9.10. The van der Waals surface area contributed by atoms with E-state index in [9.17, 15) is 4.79 Å². The number of aryl methyl sites for hydroxylation is 1. The minimum Gasteiger partial charge on any atom is -0.337 e. The fourth-order valence-corrected chi connectivity index (χ4v) is 3.49. The SMILES string of the molecule is CC(C)c1[nH]nc(C(=O)NC(c2ccccc2)c2nccn2C)c1Br. The van der Waals surface area contributed by atoms with Gasteiger partial charge >= 0.3 is 0 Å². The molecule has 1 aromatic carbocycles. The molecule has 0 aliphatic heterocycles. The number of halogens is 1. The molecule has 1 unspecified atom stereocenters. The summed E-state index contributed by atoms with van der Waals surface area (Å²) in [5, 5.41) is 10.2. The topological polar surface area (TPSA) is 75.6 Å². The summed E-state index contributed by atoms with van der Waals surface area (Å²) >= 11 is 3.49. The Kier molecular flexibility index (Phi) is 5.03. The summed E-state index contributed by atoms with van der Waals surface area (Å²) in [6.07, 6.45) is 3.58. The van der Waals surface area contributed by atoms with E-state index < -0.39 is 0 Å². The molecule has 0 saturated carbocycles. The summed E-state index contributed by atoms with van der Waals surface area (Å²) in [6, 6.07) is 9.41. The Morgan fingerprint density at radius 1 is 1.28 bits per heavy atom. The van der Waals surface area contributed by atoms with E-state index in [2.05, 4.69) is 36.4 Å². The van der Waals surface area contributed by atoms with Crippen molar-refractivity contribution in [3.63, 3.8) is 0 Å². The third kappa shape index (κ3) is 3.51. The molecule has 0 aliphatic carbocycles. The van der Waals surface area contributed by atoms with Crippen LogP contribution in [0.15, 0.2) is 47.2 Å². The normalized spacial score (nSPS) is 12.4. The number of amides is 1. The lowest BCUT2D eigenvalue weighted by atomic mass is 10.1. The number of aromatic nitrogens is 4. The largest absolute Gasteiger partial charge is 0.337 e. The Labute approximate surface area is 154 Å². The van der Waals surface area contributed by atoms with Gasteiger partial charge in [-0.1, -0.05) is 44.2 Å². The van der Waals surface area contributed by atoms with Gasteiger partial charge in [0.05, 0.1) is 10.2 Å². The van der Waals surface area contributed by atoms with Crippen molar-refractivity contribution >= 4 is 21.8 Å². The van der Waals surface area contributed by atoms with Crippen molar-refractivity contribution in [1.82, 2.24) is 25.1 Å². The zero-order valence-corrected chi connectivity index (χ0v) is 15.9. The lowest BCUT2D eigenvalue weighted by Crippen LogP contribution is -2.31. The molecule has 7 heteroatoms. The highest BCUT2D eigenvalue weighted by Gasteiger charge is 2.25. The number of aromatic amines is 1. The number of carbonyl (C=O) groups excluding carboxylic acids is 1. The predicted octanol–water partition coefficient (Wildman–Crippen LogP) is 3.55. The molecule has 6 nitrogen and oxygen atoms in total. The Morgan fingerprint density at radius 2 is 2.00 bits per heavy atom. The smallest absolute Gasteiger partial charge is 0.273 e. The monoisotopic (exact) mass is 401 g/mol. The molecule has 25 heavy (non-hydrogen) atoms. The average Bonchev–Trinajstić information content (AvgIpc) is 3.19. The lowest BCUT2D eigenvalue weighted by Gasteiger charge is -2.18. The molecule has 2 aromatic heterocycles. The van der Waals surface area contributed by atoms with Gasteiger partial charge in [0.15, 0.2) is 5.69 Å². The molecule has 0 spiro atoms. The zero-order chi connectivity index (χ0) is 18.0. The van der Waals surface area contributed by atoms with Gasteiger partial charge in [-0.15, -0.1) is 0 Å². The molecule has 0 aliphatic rings. The molecule has 2 N–H and O–H groups in total. The van der Waals surface area contributed by atoms with Gasteiger partial charge in [0.1, 0.15) is 11.9 Å². The van der Waals surface area contributed by atoms with E-state index >= 15 is 0 Å². The second kappa shape index (κ2) is 7.23. The second-order valence-electron chi connectivity index (χ2n) is 6.17. The van der Waals surface area contributed by atoms with Gasteiger partial charge in [0.2, 0.25) is 0 Å². The second-order valence-corrected chi connectivity index (χ2v) is 6.96. The number of carbonyl (C=O) groups is 1. The van der Waals surface area contributed by atoms with Gasteiger partial charge in [0, 0.05) is 19.4 Å².